The van der Waals surface area contributed by atoms with Crippen LogP contribution in [0.3, 0.4) is 0 Å². The van der Waals surface area contributed by atoms with Crippen LogP contribution in [-0.4, -0.2) is 55.8 Å². The minimum atomic E-state index is 0. The van der Waals surface area contributed by atoms with Crippen LogP contribution in [0.2, 0.25) is 0 Å². The van der Waals surface area contributed by atoms with Gasteiger partial charge in [-0.3, -0.25) is 9.89 Å². The van der Waals surface area contributed by atoms with E-state index >= 15 is 0 Å². The van der Waals surface area contributed by atoms with E-state index in [2.05, 4.69) is 24.1 Å². The largest absolute Gasteiger partial charge is 0.379 e. The predicted molar refractivity (Wildman–Crippen MR) is 108 cm³/mol. The second kappa shape index (κ2) is 10.7. The Morgan fingerprint density at radius 1 is 1.22 bits per heavy atom. The van der Waals surface area contributed by atoms with Gasteiger partial charge in [0.1, 0.15) is 0 Å². The van der Waals surface area contributed by atoms with Gasteiger partial charge in [0.2, 0.25) is 0 Å². The van der Waals surface area contributed by atoms with E-state index in [9.17, 15) is 0 Å². The average Bonchev–Trinajstić information content (AvgIpc) is 2.54. The number of guanidine groups is 1. The number of morpholine rings is 1. The lowest BCUT2D eigenvalue weighted by atomic mass is 9.80. The Bertz CT molecular complexity index is 351. The third-order valence-corrected chi connectivity index (χ3v) is 5.04. The molecule has 136 valence electrons. The molecule has 5 nitrogen and oxygen atoms in total. The van der Waals surface area contributed by atoms with Crippen molar-refractivity contribution in [3.63, 3.8) is 0 Å². The molecule has 2 fully saturated rings. The first-order valence-electron chi connectivity index (χ1n) is 8.99. The van der Waals surface area contributed by atoms with Crippen LogP contribution in [0.25, 0.3) is 0 Å². The van der Waals surface area contributed by atoms with Crippen molar-refractivity contribution in [3.05, 3.63) is 0 Å². The van der Waals surface area contributed by atoms with Gasteiger partial charge >= 0.3 is 0 Å². The summed E-state index contributed by atoms with van der Waals surface area (Å²) in [5.41, 5.74) is 6.28. The van der Waals surface area contributed by atoms with Crippen molar-refractivity contribution in [2.24, 2.45) is 16.6 Å². The van der Waals surface area contributed by atoms with Crippen molar-refractivity contribution in [1.29, 1.82) is 0 Å². The number of halogens is 1. The van der Waals surface area contributed by atoms with Crippen LogP contribution in [0.15, 0.2) is 4.99 Å². The van der Waals surface area contributed by atoms with Crippen LogP contribution in [0, 0.1) is 5.92 Å². The molecule has 0 spiro atoms. The Labute approximate surface area is 158 Å². The van der Waals surface area contributed by atoms with Crippen LogP contribution in [-0.2, 0) is 4.74 Å². The first-order valence-corrected chi connectivity index (χ1v) is 8.99. The molecular formula is C17H35IN4O. The van der Waals surface area contributed by atoms with E-state index in [1.165, 1.54) is 32.1 Å². The Hall–Kier alpha value is -0.0800. The summed E-state index contributed by atoms with van der Waals surface area (Å²) in [4.78, 5) is 7.30. The average molecular weight is 438 g/mol. The molecule has 2 aliphatic rings. The first-order chi connectivity index (χ1) is 10.6. The number of aliphatic imine (C=N–C) groups is 1. The van der Waals surface area contributed by atoms with E-state index in [0.717, 1.165) is 45.8 Å². The van der Waals surface area contributed by atoms with Gasteiger partial charge < -0.3 is 15.8 Å². The summed E-state index contributed by atoms with van der Waals surface area (Å²) in [5, 5.41) is 3.26. The molecule has 0 bridgehead atoms. The highest BCUT2D eigenvalue weighted by molar-refractivity contribution is 14.0. The molecule has 0 aromatic rings. The summed E-state index contributed by atoms with van der Waals surface area (Å²) >= 11 is 0. The van der Waals surface area contributed by atoms with Crippen LogP contribution in [0.1, 0.15) is 52.4 Å². The minimum Gasteiger partial charge on any atom is -0.379 e. The van der Waals surface area contributed by atoms with Gasteiger partial charge in [-0.25, -0.2) is 0 Å². The summed E-state index contributed by atoms with van der Waals surface area (Å²) in [7, 11) is 0. The quantitative estimate of drug-likeness (QED) is 0.380. The fourth-order valence-electron chi connectivity index (χ4n) is 3.60. The maximum Gasteiger partial charge on any atom is 0.188 e. The zero-order valence-electron chi connectivity index (χ0n) is 14.9. The predicted octanol–water partition coefficient (Wildman–Crippen LogP) is 2.59. The molecule has 0 unspecified atom stereocenters. The van der Waals surface area contributed by atoms with Crippen LogP contribution >= 0.6 is 24.0 Å². The molecule has 0 aromatic heterocycles. The lowest BCUT2D eigenvalue weighted by molar-refractivity contribution is -0.0333. The van der Waals surface area contributed by atoms with Crippen molar-refractivity contribution in [3.8, 4) is 0 Å². The highest BCUT2D eigenvalue weighted by Gasteiger charge is 2.38. The SMILES string of the molecule is CC(C)CCNC(N)=NCC1(N2CCOCC2)CCCCC1.I. The highest BCUT2D eigenvalue weighted by Crippen LogP contribution is 2.34. The number of nitrogens with two attached hydrogens (primary N) is 1. The first kappa shape index (κ1) is 21.0. The highest BCUT2D eigenvalue weighted by atomic mass is 127. The summed E-state index contributed by atoms with van der Waals surface area (Å²) in [6, 6.07) is 0. The van der Waals surface area contributed by atoms with Gasteiger partial charge in [0.15, 0.2) is 5.96 Å². The number of nitrogens with zero attached hydrogens (tertiary/aromatic N) is 2. The third-order valence-electron chi connectivity index (χ3n) is 5.04. The number of ether oxygens (including phenoxy) is 1. The summed E-state index contributed by atoms with van der Waals surface area (Å²) in [5.74, 6) is 1.30. The van der Waals surface area contributed by atoms with Crippen molar-refractivity contribution >= 4 is 29.9 Å². The van der Waals surface area contributed by atoms with Crippen molar-refractivity contribution in [1.82, 2.24) is 10.2 Å². The lowest BCUT2D eigenvalue weighted by Gasteiger charge is -2.47. The normalized spacial score (nSPS) is 22.7. The molecule has 1 saturated heterocycles. The van der Waals surface area contributed by atoms with E-state index in [4.69, 9.17) is 15.5 Å². The van der Waals surface area contributed by atoms with E-state index in [1.54, 1.807) is 0 Å². The van der Waals surface area contributed by atoms with Gasteiger partial charge in [0.25, 0.3) is 0 Å². The second-order valence-electron chi connectivity index (χ2n) is 7.20. The molecule has 23 heavy (non-hydrogen) atoms. The Balaban J connectivity index is 0.00000264. The standard InChI is InChI=1S/C17H34N4O.HI/c1-15(2)6-9-19-16(18)20-14-17(7-4-3-5-8-17)21-10-12-22-13-11-21;/h15H,3-14H2,1-2H3,(H3,18,19,20);1H. The van der Waals surface area contributed by atoms with Crippen molar-refractivity contribution in [2.45, 2.75) is 57.9 Å². The van der Waals surface area contributed by atoms with Crippen molar-refractivity contribution < 1.29 is 4.74 Å². The molecule has 0 amide bonds. The molecule has 2 rings (SSSR count). The number of rotatable bonds is 6. The van der Waals surface area contributed by atoms with E-state index in [1.807, 2.05) is 0 Å². The summed E-state index contributed by atoms with van der Waals surface area (Å²) < 4.78 is 5.52. The molecule has 0 aromatic carbocycles. The molecule has 0 atom stereocenters. The van der Waals surface area contributed by atoms with Gasteiger partial charge in [0, 0.05) is 25.2 Å². The maximum absolute atomic E-state index is 6.06. The molecule has 0 radical (unpaired) electrons. The minimum absolute atomic E-state index is 0. The number of nitrogens with one attached hydrogen (secondary N) is 1. The molecule has 1 aliphatic carbocycles. The maximum atomic E-state index is 6.06. The van der Waals surface area contributed by atoms with E-state index in [0.29, 0.717) is 11.9 Å². The Morgan fingerprint density at radius 3 is 2.48 bits per heavy atom. The molecule has 6 heteroatoms. The lowest BCUT2D eigenvalue weighted by Crippen LogP contribution is -2.56. The molecule has 3 N–H and O–H groups in total. The molecule has 1 heterocycles. The van der Waals surface area contributed by atoms with Crippen LogP contribution in [0.5, 0.6) is 0 Å². The van der Waals surface area contributed by atoms with E-state index in [-0.39, 0.29) is 29.5 Å². The topological polar surface area (TPSA) is 62.9 Å². The Morgan fingerprint density at radius 2 is 1.87 bits per heavy atom. The Kier molecular flexibility index (Phi) is 9.77. The second-order valence-corrected chi connectivity index (χ2v) is 7.20. The fourth-order valence-corrected chi connectivity index (χ4v) is 3.60. The fraction of sp³-hybridized carbons (Fsp3) is 0.941. The summed E-state index contributed by atoms with van der Waals surface area (Å²) in [6.07, 6.45) is 7.61. The monoisotopic (exact) mass is 438 g/mol. The van der Waals surface area contributed by atoms with Gasteiger partial charge in [-0.15, -0.1) is 24.0 Å². The van der Waals surface area contributed by atoms with Gasteiger partial charge in [0.05, 0.1) is 19.8 Å². The molecular weight excluding hydrogens is 403 g/mol. The third kappa shape index (κ3) is 6.74. The van der Waals surface area contributed by atoms with Gasteiger partial charge in [-0.2, -0.15) is 0 Å². The number of hydrogen-bond donors (Lipinski definition) is 2. The summed E-state index contributed by atoms with van der Waals surface area (Å²) in [6.45, 7) is 9.98. The van der Waals surface area contributed by atoms with Gasteiger partial charge in [-0.1, -0.05) is 33.1 Å². The molecule has 1 saturated carbocycles. The zero-order valence-corrected chi connectivity index (χ0v) is 17.2. The van der Waals surface area contributed by atoms with Crippen molar-refractivity contribution in [2.75, 3.05) is 39.4 Å². The molecule has 1 aliphatic heterocycles. The van der Waals surface area contributed by atoms with Gasteiger partial charge in [-0.05, 0) is 25.2 Å². The van der Waals surface area contributed by atoms with Crippen LogP contribution < -0.4 is 11.1 Å². The zero-order chi connectivity index (χ0) is 15.8. The number of hydrogen-bond acceptors (Lipinski definition) is 3. The van der Waals surface area contributed by atoms with Crippen LogP contribution in [0.4, 0.5) is 0 Å². The van der Waals surface area contributed by atoms with E-state index < -0.39 is 0 Å². The smallest absolute Gasteiger partial charge is 0.188 e.